The van der Waals surface area contributed by atoms with Crippen LogP contribution in [0.4, 0.5) is 11.4 Å². The molecule has 1 fully saturated rings. The van der Waals surface area contributed by atoms with Crippen LogP contribution in [-0.4, -0.2) is 27.9 Å². The molecule has 0 radical (unpaired) electrons. The minimum Gasteiger partial charge on any atom is -0.457 e. The van der Waals surface area contributed by atoms with E-state index in [9.17, 15) is 14.9 Å². The lowest BCUT2D eigenvalue weighted by molar-refractivity contribution is -0.384. The number of benzene rings is 2. The number of amides is 1. The van der Waals surface area contributed by atoms with Gasteiger partial charge in [-0.15, -0.1) is 0 Å². The van der Waals surface area contributed by atoms with Crippen LogP contribution in [-0.2, 0) is 11.2 Å². The second-order valence-corrected chi connectivity index (χ2v) is 7.87. The molecule has 2 heterocycles. The molecule has 1 aliphatic rings. The molecule has 2 aromatic carbocycles. The number of rotatable bonds is 5. The molecule has 1 saturated heterocycles. The van der Waals surface area contributed by atoms with Crippen molar-refractivity contribution < 1.29 is 14.1 Å². The Morgan fingerprint density at radius 1 is 1.16 bits per heavy atom. The summed E-state index contributed by atoms with van der Waals surface area (Å²) in [4.78, 5) is 29.9. The first kappa shape index (κ1) is 20.6. The normalized spacial score (nSPS) is 16.5. The highest BCUT2D eigenvalue weighted by molar-refractivity contribution is 8.18. The average Bonchev–Trinajstić information content (AvgIpc) is 3.35. The molecule has 1 aliphatic heterocycles. The predicted molar refractivity (Wildman–Crippen MR) is 122 cm³/mol. The molecule has 0 N–H and O–H groups in total. The molecule has 0 unspecified atom stereocenters. The molecule has 31 heavy (non-hydrogen) atoms. The molecule has 3 aromatic rings. The highest BCUT2D eigenvalue weighted by Gasteiger charge is 2.31. The fourth-order valence-corrected chi connectivity index (χ4v) is 4.12. The lowest BCUT2D eigenvalue weighted by Crippen LogP contribution is -2.23. The summed E-state index contributed by atoms with van der Waals surface area (Å²) in [5, 5.41) is 11.6. The van der Waals surface area contributed by atoms with Crippen molar-refractivity contribution in [2.24, 2.45) is 4.99 Å². The van der Waals surface area contributed by atoms with E-state index in [1.807, 2.05) is 24.3 Å². The molecular weight excluding hydrogens is 414 g/mol. The number of likely N-dealkylation sites (N-methyl/N-ethyl adjacent to an activating group) is 1. The monoisotopic (exact) mass is 433 g/mol. The van der Waals surface area contributed by atoms with Crippen LogP contribution in [0.25, 0.3) is 17.4 Å². The van der Waals surface area contributed by atoms with Crippen molar-refractivity contribution in [3.05, 3.63) is 87.0 Å². The lowest BCUT2D eigenvalue weighted by Gasteiger charge is -2.08. The Balaban J connectivity index is 1.60. The smallest absolute Gasteiger partial charge is 0.270 e. The summed E-state index contributed by atoms with van der Waals surface area (Å²) in [6.07, 6.45) is 2.52. The van der Waals surface area contributed by atoms with Gasteiger partial charge in [0.1, 0.15) is 11.5 Å². The first-order chi connectivity index (χ1) is 15.0. The number of aliphatic imine (C=N–C) groups is 1. The van der Waals surface area contributed by atoms with Crippen molar-refractivity contribution in [3.8, 4) is 11.3 Å². The van der Waals surface area contributed by atoms with Gasteiger partial charge >= 0.3 is 0 Å². The third-order valence-electron chi connectivity index (χ3n) is 4.83. The summed E-state index contributed by atoms with van der Waals surface area (Å²) in [5.41, 5.74) is 2.55. The topological polar surface area (TPSA) is 89.0 Å². The van der Waals surface area contributed by atoms with Crippen molar-refractivity contribution in [2.45, 2.75) is 13.3 Å². The van der Waals surface area contributed by atoms with Crippen LogP contribution in [0.15, 0.2) is 75.0 Å². The number of nitrogens with zero attached hydrogens (tertiary/aromatic N) is 3. The maximum absolute atomic E-state index is 12.7. The zero-order valence-corrected chi connectivity index (χ0v) is 17.8. The van der Waals surface area contributed by atoms with E-state index in [1.165, 1.54) is 28.8 Å². The number of non-ortho nitro benzene ring substituents is 1. The molecule has 156 valence electrons. The number of para-hydroxylation sites is 1. The summed E-state index contributed by atoms with van der Waals surface area (Å²) < 4.78 is 5.82. The van der Waals surface area contributed by atoms with E-state index in [4.69, 9.17) is 4.42 Å². The number of aryl methyl sites for hydroxylation is 1. The Bertz CT molecular complexity index is 1230. The second kappa shape index (κ2) is 8.61. The van der Waals surface area contributed by atoms with E-state index in [1.54, 1.807) is 37.4 Å². The average molecular weight is 433 g/mol. The highest BCUT2D eigenvalue weighted by Crippen LogP contribution is 2.35. The van der Waals surface area contributed by atoms with Crippen LogP contribution in [0.3, 0.4) is 0 Å². The van der Waals surface area contributed by atoms with Gasteiger partial charge in [0, 0.05) is 30.8 Å². The fraction of sp³-hybridized carbons (Fsp3) is 0.130. The first-order valence-corrected chi connectivity index (χ1v) is 10.5. The van der Waals surface area contributed by atoms with Gasteiger partial charge in [-0.3, -0.25) is 19.8 Å². The number of thioether (sulfide) groups is 1. The van der Waals surface area contributed by atoms with Gasteiger partial charge in [0.05, 0.1) is 15.5 Å². The number of carbonyl (C=O) groups excluding carboxylic acids is 1. The summed E-state index contributed by atoms with van der Waals surface area (Å²) in [6, 6.07) is 17.5. The third-order valence-corrected chi connectivity index (χ3v) is 5.89. The van der Waals surface area contributed by atoms with E-state index in [0.29, 0.717) is 27.2 Å². The summed E-state index contributed by atoms with van der Waals surface area (Å²) in [7, 11) is 1.69. The van der Waals surface area contributed by atoms with Crippen molar-refractivity contribution in [3.63, 3.8) is 0 Å². The van der Waals surface area contributed by atoms with Crippen LogP contribution in [0.5, 0.6) is 0 Å². The number of hydrogen-bond donors (Lipinski definition) is 0. The molecule has 0 aliphatic carbocycles. The van der Waals surface area contributed by atoms with Gasteiger partial charge < -0.3 is 4.42 Å². The fourth-order valence-electron chi connectivity index (χ4n) is 3.16. The molecule has 7 nitrogen and oxygen atoms in total. The number of amidine groups is 1. The van der Waals surface area contributed by atoms with Gasteiger partial charge in [0.25, 0.3) is 11.6 Å². The van der Waals surface area contributed by atoms with E-state index >= 15 is 0 Å². The molecule has 0 spiro atoms. The number of nitro groups is 1. The minimum atomic E-state index is -0.448. The van der Waals surface area contributed by atoms with Gasteiger partial charge in [-0.1, -0.05) is 37.3 Å². The highest BCUT2D eigenvalue weighted by atomic mass is 32.2. The SMILES string of the molecule is CCc1ccccc1N=C1S/C(=C/c2ccc(-c3cccc([N+](=O)[O-])c3)o2)C(=O)N1C. The summed E-state index contributed by atoms with van der Waals surface area (Å²) in [5.74, 6) is 0.817. The molecule has 1 amide bonds. The largest absolute Gasteiger partial charge is 0.457 e. The van der Waals surface area contributed by atoms with E-state index in [0.717, 1.165) is 17.7 Å². The maximum Gasteiger partial charge on any atom is 0.270 e. The zero-order chi connectivity index (χ0) is 22.0. The third kappa shape index (κ3) is 4.29. The van der Waals surface area contributed by atoms with E-state index < -0.39 is 4.92 Å². The predicted octanol–water partition coefficient (Wildman–Crippen LogP) is 5.65. The number of furan rings is 1. The van der Waals surface area contributed by atoms with Crippen LogP contribution in [0, 0.1) is 10.1 Å². The number of hydrogen-bond acceptors (Lipinski definition) is 6. The van der Waals surface area contributed by atoms with Gasteiger partial charge in [-0.05, 0) is 41.9 Å². The van der Waals surface area contributed by atoms with E-state index in [2.05, 4.69) is 11.9 Å². The Hall–Kier alpha value is -3.65. The van der Waals surface area contributed by atoms with Crippen molar-refractivity contribution in [1.82, 2.24) is 4.90 Å². The van der Waals surface area contributed by atoms with Crippen LogP contribution in [0.2, 0.25) is 0 Å². The molecular formula is C23H19N3O4S. The number of nitro benzene ring substituents is 1. The van der Waals surface area contributed by atoms with Gasteiger partial charge in [-0.25, -0.2) is 4.99 Å². The van der Waals surface area contributed by atoms with Gasteiger partial charge in [0.2, 0.25) is 0 Å². The molecule has 8 heteroatoms. The van der Waals surface area contributed by atoms with Crippen LogP contribution < -0.4 is 0 Å². The standard InChI is InChI=1S/C23H19N3O4S/c1-3-15-7-4-5-10-19(15)24-23-25(2)22(27)21(31-23)14-18-11-12-20(30-18)16-8-6-9-17(13-16)26(28)29/h4-14H,3H2,1-2H3/b21-14+,24-23?. The quantitative estimate of drug-likeness (QED) is 0.295. The Labute approximate surface area is 183 Å². The molecule has 0 atom stereocenters. The summed E-state index contributed by atoms with van der Waals surface area (Å²) >= 11 is 1.29. The second-order valence-electron chi connectivity index (χ2n) is 6.86. The Morgan fingerprint density at radius 3 is 2.74 bits per heavy atom. The van der Waals surface area contributed by atoms with Crippen molar-refractivity contribution in [1.29, 1.82) is 0 Å². The summed E-state index contributed by atoms with van der Waals surface area (Å²) in [6.45, 7) is 2.07. The minimum absolute atomic E-state index is 0.00910. The first-order valence-electron chi connectivity index (χ1n) is 9.65. The molecule has 1 aromatic heterocycles. The van der Waals surface area contributed by atoms with Crippen molar-refractivity contribution in [2.75, 3.05) is 7.05 Å². The van der Waals surface area contributed by atoms with E-state index in [-0.39, 0.29) is 11.6 Å². The number of carbonyl (C=O) groups is 1. The molecule has 0 saturated carbocycles. The Morgan fingerprint density at radius 2 is 1.97 bits per heavy atom. The van der Waals surface area contributed by atoms with Gasteiger partial charge in [-0.2, -0.15) is 0 Å². The van der Waals surface area contributed by atoms with Crippen LogP contribution in [0.1, 0.15) is 18.2 Å². The molecule has 4 rings (SSSR count). The van der Waals surface area contributed by atoms with Gasteiger partial charge in [0.15, 0.2) is 5.17 Å². The van der Waals surface area contributed by atoms with Crippen LogP contribution >= 0.6 is 11.8 Å². The Kier molecular flexibility index (Phi) is 5.73. The lowest BCUT2D eigenvalue weighted by atomic mass is 10.1. The molecule has 0 bridgehead atoms. The van der Waals surface area contributed by atoms with Crippen molar-refractivity contribution >= 4 is 40.3 Å². The maximum atomic E-state index is 12.7. The zero-order valence-electron chi connectivity index (χ0n) is 16.9.